The normalized spacial score (nSPS) is 26.0. The highest BCUT2D eigenvalue weighted by atomic mass is 32.2. The topological polar surface area (TPSA) is 141 Å². The largest absolute Gasteiger partial charge is 0.394 e. The number of benzene rings is 1. The molecule has 0 spiro atoms. The van der Waals surface area contributed by atoms with Crippen molar-refractivity contribution in [1.29, 1.82) is 0 Å². The predicted molar refractivity (Wildman–Crippen MR) is 120 cm³/mol. The molecule has 1 aromatic carbocycles. The highest BCUT2D eigenvalue weighted by Crippen LogP contribution is 2.40. The molecule has 32 heavy (non-hydrogen) atoms. The van der Waals surface area contributed by atoms with Crippen LogP contribution in [0.15, 0.2) is 35.4 Å². The number of aliphatic hydroxyl groups is 1. The van der Waals surface area contributed by atoms with E-state index in [4.69, 9.17) is 19.9 Å². The van der Waals surface area contributed by atoms with Crippen LogP contribution in [0.2, 0.25) is 0 Å². The minimum atomic E-state index is -0.804. The van der Waals surface area contributed by atoms with Crippen LogP contribution in [0.1, 0.15) is 26.3 Å². The first-order valence-electron chi connectivity index (χ1n) is 10.3. The van der Waals surface area contributed by atoms with Gasteiger partial charge in [0.15, 0.2) is 17.8 Å². The number of thioether (sulfide) groups is 1. The lowest BCUT2D eigenvalue weighted by Gasteiger charge is -2.25. The molecule has 2 aliphatic heterocycles. The Balaban J connectivity index is 1.59. The Hall–Kier alpha value is -2.44. The van der Waals surface area contributed by atoms with Gasteiger partial charge in [0.2, 0.25) is 11.9 Å². The summed E-state index contributed by atoms with van der Waals surface area (Å²) in [6.45, 7) is 4.78. The number of carbonyl (C=O) groups is 1. The molecule has 10 nitrogen and oxygen atoms in total. The summed E-state index contributed by atoms with van der Waals surface area (Å²) >= 11 is 1.43. The highest BCUT2D eigenvalue weighted by molar-refractivity contribution is 7.98. The van der Waals surface area contributed by atoms with Crippen LogP contribution in [-0.4, -0.2) is 57.9 Å². The van der Waals surface area contributed by atoms with Crippen molar-refractivity contribution in [2.45, 2.75) is 61.9 Å². The minimum absolute atomic E-state index is 0.127. The van der Waals surface area contributed by atoms with Gasteiger partial charge in [0, 0.05) is 12.7 Å². The molecule has 2 saturated heterocycles. The van der Waals surface area contributed by atoms with Crippen molar-refractivity contribution in [2.24, 2.45) is 0 Å². The van der Waals surface area contributed by atoms with Crippen molar-refractivity contribution in [3.05, 3.63) is 35.9 Å². The molecule has 5 N–H and O–H groups in total. The SMILES string of the molecule is CC(=O)Nc1nc(NC2OC(CO)C3OC(C)(C)OC23)c(N)c(SCc2ccccc2)n1. The number of ether oxygens (including phenoxy) is 3. The number of carbonyl (C=O) groups excluding carboxylic acids is 1. The first-order valence-corrected chi connectivity index (χ1v) is 11.2. The lowest BCUT2D eigenvalue weighted by molar-refractivity contribution is -0.187. The maximum Gasteiger partial charge on any atom is 0.232 e. The lowest BCUT2D eigenvalue weighted by Crippen LogP contribution is -2.36. The Kier molecular flexibility index (Phi) is 6.54. The number of nitrogens with zero attached hydrogens (tertiary/aromatic N) is 2. The predicted octanol–water partition coefficient (Wildman–Crippen LogP) is 1.96. The quantitative estimate of drug-likeness (QED) is 0.357. The van der Waals surface area contributed by atoms with Crippen LogP contribution in [0.5, 0.6) is 0 Å². The van der Waals surface area contributed by atoms with Crippen molar-refractivity contribution in [2.75, 3.05) is 23.0 Å². The van der Waals surface area contributed by atoms with Gasteiger partial charge in [0.05, 0.1) is 6.61 Å². The average molecular weight is 462 g/mol. The molecule has 172 valence electrons. The Morgan fingerprint density at radius 2 is 1.94 bits per heavy atom. The molecule has 0 aliphatic carbocycles. The van der Waals surface area contributed by atoms with Crippen LogP contribution in [0.3, 0.4) is 0 Å². The second kappa shape index (κ2) is 9.20. The monoisotopic (exact) mass is 461 g/mol. The molecule has 4 rings (SSSR count). The van der Waals surface area contributed by atoms with Crippen LogP contribution < -0.4 is 16.4 Å². The fourth-order valence-electron chi connectivity index (χ4n) is 3.69. The van der Waals surface area contributed by atoms with Gasteiger partial charge < -0.3 is 30.4 Å². The van der Waals surface area contributed by atoms with Gasteiger partial charge in [-0.05, 0) is 19.4 Å². The molecule has 0 saturated carbocycles. The number of nitrogens with one attached hydrogen (secondary N) is 2. The molecule has 2 fully saturated rings. The third-order valence-corrected chi connectivity index (χ3v) is 6.09. The van der Waals surface area contributed by atoms with E-state index in [1.165, 1.54) is 18.7 Å². The van der Waals surface area contributed by atoms with E-state index in [9.17, 15) is 9.90 Å². The zero-order valence-electron chi connectivity index (χ0n) is 18.1. The molecular weight excluding hydrogens is 434 g/mol. The third kappa shape index (κ3) is 4.97. The first-order chi connectivity index (χ1) is 15.3. The molecule has 3 heterocycles. The standard InChI is InChI=1S/C21H27N5O5S/c1-11(28)23-20-25-17(14(22)19(26-20)32-10-12-7-5-4-6-8-12)24-18-16-15(13(9-27)29-18)30-21(2,3)31-16/h4-8,13,15-16,18,27H,9-10,22H2,1-3H3,(H2,23,24,25,26,28). The Morgan fingerprint density at radius 3 is 2.62 bits per heavy atom. The number of anilines is 3. The maximum atomic E-state index is 11.6. The zero-order valence-corrected chi connectivity index (χ0v) is 18.9. The zero-order chi connectivity index (χ0) is 22.9. The number of nitrogen functional groups attached to an aromatic ring is 1. The van der Waals surface area contributed by atoms with Crippen LogP contribution in [-0.2, 0) is 24.8 Å². The Morgan fingerprint density at radius 1 is 1.22 bits per heavy atom. The van der Waals surface area contributed by atoms with Crippen molar-refractivity contribution in [3.63, 3.8) is 0 Å². The summed E-state index contributed by atoms with van der Waals surface area (Å²) in [5, 5.41) is 16.0. The number of aromatic nitrogens is 2. The second-order valence-electron chi connectivity index (χ2n) is 8.06. The summed E-state index contributed by atoms with van der Waals surface area (Å²) in [4.78, 5) is 20.4. The van der Waals surface area contributed by atoms with Crippen molar-refractivity contribution in [1.82, 2.24) is 9.97 Å². The van der Waals surface area contributed by atoms with Crippen LogP contribution in [0.4, 0.5) is 17.5 Å². The smallest absolute Gasteiger partial charge is 0.232 e. The van der Waals surface area contributed by atoms with Gasteiger partial charge in [0.1, 0.15) is 29.0 Å². The number of rotatable bonds is 7. The van der Waals surface area contributed by atoms with Crippen LogP contribution in [0.25, 0.3) is 0 Å². The summed E-state index contributed by atoms with van der Waals surface area (Å²) in [5.41, 5.74) is 7.82. The summed E-state index contributed by atoms with van der Waals surface area (Å²) in [6, 6.07) is 9.91. The molecule has 0 radical (unpaired) electrons. The highest BCUT2D eigenvalue weighted by Gasteiger charge is 2.55. The van der Waals surface area contributed by atoms with Crippen LogP contribution >= 0.6 is 11.8 Å². The van der Waals surface area contributed by atoms with Gasteiger partial charge in [0.25, 0.3) is 0 Å². The van der Waals surface area contributed by atoms with Gasteiger partial charge in [-0.3, -0.25) is 10.1 Å². The first kappa shape index (κ1) is 22.7. The number of hydrogen-bond acceptors (Lipinski definition) is 10. The van der Waals surface area contributed by atoms with Gasteiger partial charge in [-0.1, -0.05) is 42.1 Å². The second-order valence-corrected chi connectivity index (χ2v) is 9.02. The fourth-order valence-corrected chi connectivity index (χ4v) is 4.59. The van der Waals surface area contributed by atoms with Crippen molar-refractivity contribution < 1.29 is 24.1 Å². The van der Waals surface area contributed by atoms with E-state index in [2.05, 4.69) is 20.6 Å². The molecule has 0 bridgehead atoms. The molecule has 1 amide bonds. The summed E-state index contributed by atoms with van der Waals surface area (Å²) in [6.07, 6.45) is -2.11. The maximum absolute atomic E-state index is 11.6. The molecule has 11 heteroatoms. The number of hydrogen-bond donors (Lipinski definition) is 4. The van der Waals surface area contributed by atoms with E-state index in [1.807, 2.05) is 44.2 Å². The molecule has 1 aromatic heterocycles. The molecule has 4 unspecified atom stereocenters. The van der Waals surface area contributed by atoms with Crippen molar-refractivity contribution in [3.8, 4) is 0 Å². The molecule has 2 aliphatic rings. The minimum Gasteiger partial charge on any atom is -0.394 e. The Labute approximate surface area is 190 Å². The lowest BCUT2D eigenvalue weighted by atomic mass is 10.1. The van der Waals surface area contributed by atoms with E-state index in [0.717, 1.165) is 5.56 Å². The number of nitrogens with two attached hydrogens (primary N) is 1. The van der Waals surface area contributed by atoms with Gasteiger partial charge in [-0.25, -0.2) is 4.98 Å². The average Bonchev–Trinajstić information content (AvgIpc) is 3.22. The van der Waals surface area contributed by atoms with Crippen molar-refractivity contribution >= 4 is 35.1 Å². The fraction of sp³-hybridized carbons (Fsp3) is 0.476. The van der Waals surface area contributed by atoms with Crippen LogP contribution in [0, 0.1) is 0 Å². The third-order valence-electron chi connectivity index (χ3n) is 5.03. The van der Waals surface area contributed by atoms with Gasteiger partial charge in [-0.15, -0.1) is 0 Å². The van der Waals surface area contributed by atoms with E-state index < -0.39 is 30.3 Å². The van der Waals surface area contributed by atoms with E-state index in [1.54, 1.807) is 0 Å². The summed E-state index contributed by atoms with van der Waals surface area (Å²) in [5.74, 6) is -0.0335. The Bertz CT molecular complexity index is 977. The number of aliphatic hydroxyl groups excluding tert-OH is 1. The van der Waals surface area contributed by atoms with Gasteiger partial charge in [-0.2, -0.15) is 4.98 Å². The molecule has 4 atom stereocenters. The van der Waals surface area contributed by atoms with E-state index in [0.29, 0.717) is 22.3 Å². The van der Waals surface area contributed by atoms with Gasteiger partial charge >= 0.3 is 0 Å². The summed E-state index contributed by atoms with van der Waals surface area (Å²) in [7, 11) is 0. The van der Waals surface area contributed by atoms with E-state index in [-0.39, 0.29) is 18.5 Å². The molecular formula is C21H27N5O5S. The van der Waals surface area contributed by atoms with E-state index >= 15 is 0 Å². The number of amides is 1. The number of fused-ring (bicyclic) bond motifs is 1. The molecule has 2 aromatic rings. The summed E-state index contributed by atoms with van der Waals surface area (Å²) < 4.78 is 17.8.